The van der Waals surface area contributed by atoms with Gasteiger partial charge in [-0.05, 0) is 25.7 Å². The van der Waals surface area contributed by atoms with Gasteiger partial charge in [0.1, 0.15) is 6.61 Å². The van der Waals surface area contributed by atoms with Gasteiger partial charge >= 0.3 is 12.0 Å². The molecule has 21 heavy (non-hydrogen) atoms. The van der Waals surface area contributed by atoms with E-state index in [1.54, 1.807) is 4.90 Å². The highest BCUT2D eigenvalue weighted by Gasteiger charge is 2.26. The normalized spacial score (nSPS) is 27.3. The van der Waals surface area contributed by atoms with Gasteiger partial charge in [-0.1, -0.05) is 0 Å². The SMILES string of the molecule is O=C(O)COC1CCN(C(=O)NC2CCS(=O)CC2)CC1. The summed E-state index contributed by atoms with van der Waals surface area (Å²) in [6.45, 7) is 0.875. The number of likely N-dealkylation sites (tertiary alicyclic amines) is 1. The average molecular weight is 318 g/mol. The fourth-order valence-electron chi connectivity index (χ4n) is 2.62. The summed E-state index contributed by atoms with van der Waals surface area (Å²) in [7, 11) is -0.721. The fourth-order valence-corrected chi connectivity index (χ4v) is 3.92. The molecular formula is C13H22N2O5S. The number of nitrogens with zero attached hydrogens (tertiary/aromatic N) is 1. The van der Waals surface area contributed by atoms with Crippen molar-refractivity contribution in [2.75, 3.05) is 31.2 Å². The highest BCUT2D eigenvalue weighted by molar-refractivity contribution is 7.85. The Morgan fingerprint density at radius 1 is 1.19 bits per heavy atom. The molecule has 2 N–H and O–H groups in total. The summed E-state index contributed by atoms with van der Waals surface area (Å²) in [5, 5.41) is 11.6. The molecule has 2 heterocycles. The number of rotatable bonds is 4. The van der Waals surface area contributed by atoms with E-state index in [-0.39, 0.29) is 24.8 Å². The molecule has 0 aliphatic carbocycles. The first-order valence-corrected chi connectivity index (χ1v) is 8.77. The van der Waals surface area contributed by atoms with E-state index in [1.807, 2.05) is 0 Å². The van der Waals surface area contributed by atoms with E-state index in [0.29, 0.717) is 37.4 Å². The summed E-state index contributed by atoms with van der Waals surface area (Å²) in [4.78, 5) is 24.3. The maximum absolute atomic E-state index is 12.1. The molecule has 2 rings (SSSR count). The van der Waals surface area contributed by atoms with E-state index in [0.717, 1.165) is 12.8 Å². The second-order valence-corrected chi connectivity index (χ2v) is 7.16. The standard InChI is InChI=1S/C13H22N2O5S/c16-12(17)9-20-11-1-5-15(6-2-11)13(18)14-10-3-7-21(19)8-4-10/h10-11H,1-9H2,(H,14,18)(H,16,17). The van der Waals surface area contributed by atoms with E-state index >= 15 is 0 Å². The molecule has 0 spiro atoms. The molecule has 0 atom stereocenters. The molecule has 7 nitrogen and oxygen atoms in total. The lowest BCUT2D eigenvalue weighted by atomic mass is 10.1. The van der Waals surface area contributed by atoms with Crippen LogP contribution in [0.15, 0.2) is 0 Å². The molecule has 0 bridgehead atoms. The summed E-state index contributed by atoms with van der Waals surface area (Å²) >= 11 is 0. The first-order chi connectivity index (χ1) is 10.0. The first kappa shape index (κ1) is 16.2. The van der Waals surface area contributed by atoms with Gasteiger partial charge in [0, 0.05) is 41.4 Å². The fraction of sp³-hybridized carbons (Fsp3) is 0.846. The second-order valence-electron chi connectivity index (χ2n) is 5.46. The molecule has 0 aromatic carbocycles. The third-order valence-corrected chi connectivity index (χ3v) is 5.27. The number of carbonyl (C=O) groups excluding carboxylic acids is 1. The van der Waals surface area contributed by atoms with Crippen molar-refractivity contribution in [1.29, 1.82) is 0 Å². The van der Waals surface area contributed by atoms with Crippen LogP contribution in [-0.2, 0) is 20.3 Å². The Labute approximate surface area is 126 Å². The molecule has 0 aromatic heterocycles. The molecule has 0 saturated carbocycles. The minimum Gasteiger partial charge on any atom is -0.480 e. The van der Waals surface area contributed by atoms with Crippen molar-refractivity contribution < 1.29 is 23.6 Å². The van der Waals surface area contributed by atoms with Gasteiger partial charge in [-0.15, -0.1) is 0 Å². The highest BCUT2D eigenvalue weighted by atomic mass is 32.2. The van der Waals surface area contributed by atoms with Crippen LogP contribution in [0.4, 0.5) is 4.79 Å². The number of hydrogen-bond donors (Lipinski definition) is 2. The summed E-state index contributed by atoms with van der Waals surface area (Å²) in [6, 6.07) is 0.0422. The number of aliphatic carboxylic acids is 1. The molecule has 0 aromatic rings. The van der Waals surface area contributed by atoms with E-state index in [2.05, 4.69) is 5.32 Å². The van der Waals surface area contributed by atoms with Gasteiger partial charge in [-0.2, -0.15) is 0 Å². The van der Waals surface area contributed by atoms with Crippen molar-refractivity contribution in [2.45, 2.75) is 37.8 Å². The molecular weight excluding hydrogens is 296 g/mol. The summed E-state index contributed by atoms with van der Waals surface area (Å²) in [6.07, 6.45) is 2.79. The lowest BCUT2D eigenvalue weighted by Gasteiger charge is -2.33. The molecule has 0 unspecified atom stereocenters. The Hall–Kier alpha value is -1.15. The summed E-state index contributed by atoms with van der Waals surface area (Å²) in [5.74, 6) is 0.358. The molecule has 2 aliphatic rings. The van der Waals surface area contributed by atoms with Gasteiger partial charge in [-0.25, -0.2) is 9.59 Å². The topological polar surface area (TPSA) is 95.9 Å². The predicted molar refractivity (Wildman–Crippen MR) is 77.6 cm³/mol. The van der Waals surface area contributed by atoms with Gasteiger partial charge < -0.3 is 20.1 Å². The number of piperidine rings is 1. The van der Waals surface area contributed by atoms with Crippen LogP contribution in [0.2, 0.25) is 0 Å². The largest absolute Gasteiger partial charge is 0.480 e. The maximum Gasteiger partial charge on any atom is 0.329 e. The molecule has 2 amide bonds. The number of carboxylic acids is 1. The Morgan fingerprint density at radius 3 is 2.38 bits per heavy atom. The van der Waals surface area contributed by atoms with Gasteiger partial charge in [0.25, 0.3) is 0 Å². The zero-order valence-corrected chi connectivity index (χ0v) is 12.8. The van der Waals surface area contributed by atoms with Crippen LogP contribution < -0.4 is 5.32 Å². The molecule has 2 aliphatic heterocycles. The van der Waals surface area contributed by atoms with E-state index in [1.165, 1.54) is 0 Å². The monoisotopic (exact) mass is 318 g/mol. The second kappa shape index (κ2) is 7.74. The van der Waals surface area contributed by atoms with E-state index in [4.69, 9.17) is 9.84 Å². The van der Waals surface area contributed by atoms with E-state index in [9.17, 15) is 13.8 Å². The molecule has 0 radical (unpaired) electrons. The highest BCUT2D eigenvalue weighted by Crippen LogP contribution is 2.15. The Balaban J connectivity index is 1.68. The van der Waals surface area contributed by atoms with Crippen LogP contribution in [0.1, 0.15) is 25.7 Å². The van der Waals surface area contributed by atoms with Crippen molar-refractivity contribution >= 4 is 22.8 Å². The number of carbonyl (C=O) groups is 2. The Bertz CT molecular complexity index is 399. The molecule has 120 valence electrons. The number of carboxylic acid groups (broad SMARTS) is 1. The number of ether oxygens (including phenoxy) is 1. The third kappa shape index (κ3) is 5.28. The first-order valence-electron chi connectivity index (χ1n) is 7.28. The van der Waals surface area contributed by atoms with Crippen LogP contribution >= 0.6 is 0 Å². The Kier molecular flexibility index (Phi) is 5.98. The minimum absolute atomic E-state index is 0.0793. The van der Waals surface area contributed by atoms with Crippen molar-refractivity contribution in [1.82, 2.24) is 10.2 Å². The van der Waals surface area contributed by atoms with Crippen LogP contribution in [0.5, 0.6) is 0 Å². The van der Waals surface area contributed by atoms with E-state index < -0.39 is 16.8 Å². The summed E-state index contributed by atoms with van der Waals surface area (Å²) in [5.41, 5.74) is 0. The Morgan fingerprint density at radius 2 is 1.81 bits per heavy atom. The van der Waals surface area contributed by atoms with Crippen LogP contribution in [-0.4, -0.2) is 69.6 Å². The lowest BCUT2D eigenvalue weighted by molar-refractivity contribution is -0.145. The zero-order chi connectivity index (χ0) is 15.2. The van der Waals surface area contributed by atoms with Gasteiger partial charge in [0.05, 0.1) is 6.10 Å². The minimum atomic E-state index is -0.968. The van der Waals surface area contributed by atoms with Gasteiger partial charge in [0.15, 0.2) is 0 Å². The molecule has 2 fully saturated rings. The lowest BCUT2D eigenvalue weighted by Crippen LogP contribution is -2.50. The predicted octanol–water partition coefficient (Wildman–Crippen LogP) is 0.173. The quantitative estimate of drug-likeness (QED) is 0.770. The summed E-state index contributed by atoms with van der Waals surface area (Å²) < 4.78 is 16.5. The molecule has 2 saturated heterocycles. The van der Waals surface area contributed by atoms with Gasteiger partial charge in [0.2, 0.25) is 0 Å². The smallest absolute Gasteiger partial charge is 0.329 e. The average Bonchev–Trinajstić information content (AvgIpc) is 2.48. The number of nitrogens with one attached hydrogen (secondary N) is 1. The number of amides is 2. The van der Waals surface area contributed by atoms with Crippen LogP contribution in [0.3, 0.4) is 0 Å². The molecule has 8 heteroatoms. The van der Waals surface area contributed by atoms with Gasteiger partial charge in [-0.3, -0.25) is 4.21 Å². The number of hydrogen-bond acceptors (Lipinski definition) is 4. The van der Waals surface area contributed by atoms with Crippen LogP contribution in [0.25, 0.3) is 0 Å². The third-order valence-electron chi connectivity index (χ3n) is 3.89. The van der Waals surface area contributed by atoms with Crippen LogP contribution in [0, 0.1) is 0 Å². The number of urea groups is 1. The zero-order valence-electron chi connectivity index (χ0n) is 12.0. The van der Waals surface area contributed by atoms with Crippen molar-refractivity contribution in [3.8, 4) is 0 Å². The van der Waals surface area contributed by atoms with Crippen molar-refractivity contribution in [3.63, 3.8) is 0 Å². The maximum atomic E-state index is 12.1. The van der Waals surface area contributed by atoms with Crippen molar-refractivity contribution in [3.05, 3.63) is 0 Å². The van der Waals surface area contributed by atoms with Crippen molar-refractivity contribution in [2.24, 2.45) is 0 Å².